The minimum absolute atomic E-state index is 0.0426. The summed E-state index contributed by atoms with van der Waals surface area (Å²) >= 11 is 0. The van der Waals surface area contributed by atoms with Crippen molar-refractivity contribution in [3.05, 3.63) is 30.1 Å². The van der Waals surface area contributed by atoms with Gasteiger partial charge in [0.05, 0.1) is 24.1 Å². The molecule has 1 N–H and O–H groups in total. The molecule has 2 heterocycles. The van der Waals surface area contributed by atoms with Gasteiger partial charge < -0.3 is 0 Å². The zero-order valence-corrected chi connectivity index (χ0v) is 9.30. The molecule has 0 spiro atoms. The van der Waals surface area contributed by atoms with Crippen LogP contribution in [0, 0.1) is 11.8 Å². The number of nitrogens with one attached hydrogen (secondary N) is 1. The molecule has 5 nitrogen and oxygen atoms in total. The van der Waals surface area contributed by atoms with Crippen molar-refractivity contribution in [2.24, 2.45) is 11.8 Å². The van der Waals surface area contributed by atoms with E-state index in [1.54, 1.807) is 12.3 Å². The van der Waals surface area contributed by atoms with Gasteiger partial charge >= 0.3 is 0 Å². The van der Waals surface area contributed by atoms with Gasteiger partial charge in [-0.25, -0.2) is 0 Å². The summed E-state index contributed by atoms with van der Waals surface area (Å²) in [5, 5.41) is 6.59. The first-order valence-electron chi connectivity index (χ1n) is 5.76. The number of rotatable bonds is 2. The number of hydrogen-bond acceptors (Lipinski definition) is 3. The van der Waals surface area contributed by atoms with Crippen LogP contribution in [0.4, 0.5) is 0 Å². The first-order chi connectivity index (χ1) is 8.27. The molecule has 3 rings (SSSR count). The molecule has 88 valence electrons. The van der Waals surface area contributed by atoms with Crippen molar-refractivity contribution < 1.29 is 9.59 Å². The standard InChI is InChI=1S/C12H13N3O2/c16-11-9-3-1-2-4-10(9)12(17)15(11)7-8-5-6-13-14-8/h1-2,5-6,9-10H,3-4,7H2,(H,13,14). The number of aromatic nitrogens is 2. The highest BCUT2D eigenvalue weighted by atomic mass is 16.2. The van der Waals surface area contributed by atoms with Crippen molar-refractivity contribution in [1.29, 1.82) is 0 Å². The van der Waals surface area contributed by atoms with Gasteiger partial charge in [-0.3, -0.25) is 19.6 Å². The Bertz CT molecular complexity index is 452. The number of carbonyl (C=O) groups is 2. The fourth-order valence-corrected chi connectivity index (χ4v) is 2.57. The molecule has 1 saturated heterocycles. The summed E-state index contributed by atoms with van der Waals surface area (Å²) in [6.45, 7) is 0.310. The summed E-state index contributed by atoms with van der Waals surface area (Å²) in [5.41, 5.74) is 0.790. The van der Waals surface area contributed by atoms with Gasteiger partial charge in [0.2, 0.25) is 11.8 Å². The van der Waals surface area contributed by atoms with E-state index in [9.17, 15) is 9.59 Å². The van der Waals surface area contributed by atoms with E-state index >= 15 is 0 Å². The van der Waals surface area contributed by atoms with E-state index in [1.165, 1.54) is 4.90 Å². The minimum Gasteiger partial charge on any atom is -0.281 e. The number of hydrogen-bond donors (Lipinski definition) is 1. The molecular formula is C12H13N3O2. The topological polar surface area (TPSA) is 66.1 Å². The van der Waals surface area contributed by atoms with Gasteiger partial charge in [-0.15, -0.1) is 0 Å². The third-order valence-corrected chi connectivity index (χ3v) is 3.49. The van der Waals surface area contributed by atoms with Gasteiger partial charge in [0.15, 0.2) is 0 Å². The van der Waals surface area contributed by atoms with E-state index < -0.39 is 0 Å². The maximum Gasteiger partial charge on any atom is 0.233 e. The lowest BCUT2D eigenvalue weighted by molar-refractivity contribution is -0.140. The molecule has 1 aliphatic carbocycles. The van der Waals surface area contributed by atoms with Crippen molar-refractivity contribution in [1.82, 2.24) is 15.1 Å². The molecule has 2 amide bonds. The molecule has 17 heavy (non-hydrogen) atoms. The number of imide groups is 1. The summed E-state index contributed by atoms with van der Waals surface area (Å²) in [6.07, 6.45) is 6.98. The largest absolute Gasteiger partial charge is 0.281 e. The number of carbonyl (C=O) groups excluding carboxylic acids is 2. The Morgan fingerprint density at radius 3 is 2.41 bits per heavy atom. The van der Waals surface area contributed by atoms with Gasteiger partial charge in [0, 0.05) is 6.20 Å². The van der Waals surface area contributed by atoms with Crippen LogP contribution in [-0.4, -0.2) is 26.9 Å². The van der Waals surface area contributed by atoms with Crippen LogP contribution in [0.5, 0.6) is 0 Å². The highest BCUT2D eigenvalue weighted by molar-refractivity contribution is 6.05. The number of allylic oxidation sites excluding steroid dienone is 2. The average molecular weight is 231 g/mol. The molecule has 5 heteroatoms. The van der Waals surface area contributed by atoms with Crippen LogP contribution in [0.2, 0.25) is 0 Å². The zero-order chi connectivity index (χ0) is 11.8. The van der Waals surface area contributed by atoms with Crippen molar-refractivity contribution in [3.8, 4) is 0 Å². The van der Waals surface area contributed by atoms with Gasteiger partial charge in [0.25, 0.3) is 0 Å². The lowest BCUT2D eigenvalue weighted by Crippen LogP contribution is -2.30. The number of H-pyrrole nitrogens is 1. The van der Waals surface area contributed by atoms with Crippen molar-refractivity contribution in [3.63, 3.8) is 0 Å². The predicted octanol–water partition coefficient (Wildman–Crippen LogP) is 0.861. The number of aromatic amines is 1. The fourth-order valence-electron chi connectivity index (χ4n) is 2.57. The Labute approximate surface area is 98.5 Å². The summed E-state index contributed by atoms with van der Waals surface area (Å²) < 4.78 is 0. The summed E-state index contributed by atoms with van der Waals surface area (Å²) in [6, 6.07) is 1.78. The van der Waals surface area contributed by atoms with Crippen LogP contribution in [0.15, 0.2) is 24.4 Å². The van der Waals surface area contributed by atoms with Gasteiger partial charge in [-0.05, 0) is 18.9 Å². The van der Waals surface area contributed by atoms with E-state index in [4.69, 9.17) is 0 Å². The number of nitrogens with zero attached hydrogens (tertiary/aromatic N) is 2. The Morgan fingerprint density at radius 1 is 1.24 bits per heavy atom. The molecule has 1 aromatic heterocycles. The van der Waals surface area contributed by atoms with E-state index in [-0.39, 0.29) is 23.7 Å². The Morgan fingerprint density at radius 2 is 1.88 bits per heavy atom. The van der Waals surface area contributed by atoms with Crippen molar-refractivity contribution >= 4 is 11.8 Å². The molecule has 1 aromatic rings. The molecule has 2 aliphatic rings. The molecule has 1 aliphatic heterocycles. The van der Waals surface area contributed by atoms with Crippen molar-refractivity contribution in [2.75, 3.05) is 0 Å². The third-order valence-electron chi connectivity index (χ3n) is 3.49. The smallest absolute Gasteiger partial charge is 0.233 e. The Hall–Kier alpha value is -1.91. The van der Waals surface area contributed by atoms with E-state index in [0.29, 0.717) is 19.4 Å². The second kappa shape index (κ2) is 3.84. The van der Waals surface area contributed by atoms with Crippen LogP contribution in [0.25, 0.3) is 0 Å². The fraction of sp³-hybridized carbons (Fsp3) is 0.417. The third kappa shape index (κ3) is 1.58. The van der Waals surface area contributed by atoms with E-state index in [2.05, 4.69) is 10.2 Å². The first kappa shape index (κ1) is 10.3. The second-order valence-corrected chi connectivity index (χ2v) is 4.50. The molecule has 1 fully saturated rings. The minimum atomic E-state index is -0.143. The van der Waals surface area contributed by atoms with Crippen LogP contribution in [0.3, 0.4) is 0 Å². The quantitative estimate of drug-likeness (QED) is 0.606. The Kier molecular flexibility index (Phi) is 2.31. The predicted molar refractivity (Wildman–Crippen MR) is 59.5 cm³/mol. The van der Waals surface area contributed by atoms with Crippen LogP contribution in [-0.2, 0) is 16.1 Å². The van der Waals surface area contributed by atoms with Crippen molar-refractivity contribution in [2.45, 2.75) is 19.4 Å². The van der Waals surface area contributed by atoms with E-state index in [1.807, 2.05) is 12.2 Å². The molecular weight excluding hydrogens is 218 g/mol. The highest BCUT2D eigenvalue weighted by Crippen LogP contribution is 2.35. The molecule has 0 bridgehead atoms. The summed E-state index contributed by atoms with van der Waals surface area (Å²) in [5.74, 6) is -0.372. The zero-order valence-electron chi connectivity index (χ0n) is 9.30. The summed E-state index contributed by atoms with van der Waals surface area (Å²) in [4.78, 5) is 25.6. The highest BCUT2D eigenvalue weighted by Gasteiger charge is 2.47. The monoisotopic (exact) mass is 231 g/mol. The van der Waals surface area contributed by atoms with Crippen LogP contribution in [0.1, 0.15) is 18.5 Å². The van der Waals surface area contributed by atoms with Gasteiger partial charge in [-0.1, -0.05) is 12.2 Å². The lowest BCUT2D eigenvalue weighted by atomic mass is 9.85. The molecule has 2 unspecified atom stereocenters. The average Bonchev–Trinajstić information content (AvgIpc) is 2.94. The molecule has 0 aromatic carbocycles. The SMILES string of the molecule is O=C1C2CC=CCC2C(=O)N1Cc1ccn[nH]1. The number of likely N-dealkylation sites (tertiary alicyclic amines) is 1. The first-order valence-corrected chi connectivity index (χ1v) is 5.76. The number of fused-ring (bicyclic) bond motifs is 1. The normalized spacial score (nSPS) is 27.6. The molecule has 0 radical (unpaired) electrons. The van der Waals surface area contributed by atoms with Crippen LogP contribution >= 0.6 is 0 Å². The number of amides is 2. The van der Waals surface area contributed by atoms with Gasteiger partial charge in [0.1, 0.15) is 0 Å². The maximum atomic E-state index is 12.1. The van der Waals surface area contributed by atoms with Crippen LogP contribution < -0.4 is 0 Å². The maximum absolute atomic E-state index is 12.1. The van der Waals surface area contributed by atoms with E-state index in [0.717, 1.165) is 5.69 Å². The van der Waals surface area contributed by atoms with Gasteiger partial charge in [-0.2, -0.15) is 5.10 Å². The molecule has 0 saturated carbocycles. The molecule has 2 atom stereocenters. The Balaban J connectivity index is 1.82. The second-order valence-electron chi connectivity index (χ2n) is 4.50. The lowest BCUT2D eigenvalue weighted by Gasteiger charge is -2.14. The summed E-state index contributed by atoms with van der Waals surface area (Å²) in [7, 11) is 0.